The molecule has 0 spiro atoms. The van der Waals surface area contributed by atoms with Crippen molar-refractivity contribution in [1.82, 2.24) is 4.90 Å². The molecule has 1 fully saturated rings. The van der Waals surface area contributed by atoms with Gasteiger partial charge in [-0.2, -0.15) is 0 Å². The summed E-state index contributed by atoms with van der Waals surface area (Å²) in [6, 6.07) is 5.62. The van der Waals surface area contributed by atoms with Crippen molar-refractivity contribution >= 4 is 11.9 Å². The van der Waals surface area contributed by atoms with E-state index in [1.165, 1.54) is 23.1 Å². The van der Waals surface area contributed by atoms with Crippen LogP contribution in [0.5, 0.6) is 0 Å². The lowest BCUT2D eigenvalue weighted by Gasteiger charge is -2.29. The number of carbonyl (C=O) groups is 2. The Kier molecular flexibility index (Phi) is 3.60. The van der Waals surface area contributed by atoms with Crippen molar-refractivity contribution in [2.24, 2.45) is 5.92 Å². The molecule has 0 atom stereocenters. The van der Waals surface area contributed by atoms with Gasteiger partial charge in [0.1, 0.15) is 5.82 Å². The molecule has 5 heteroatoms. The number of ketones is 1. The van der Waals surface area contributed by atoms with E-state index in [-0.39, 0.29) is 11.7 Å². The number of amides is 1. The maximum atomic E-state index is 13.0. The van der Waals surface area contributed by atoms with E-state index in [1.54, 1.807) is 6.07 Å². The summed E-state index contributed by atoms with van der Waals surface area (Å²) < 4.78 is 13.0. The number of rotatable bonds is 2. The summed E-state index contributed by atoms with van der Waals surface area (Å²) in [5.41, 5.74) is 0.365. The summed E-state index contributed by atoms with van der Waals surface area (Å²) in [6.45, 7) is 0.724. The second-order valence-corrected chi connectivity index (χ2v) is 4.42. The van der Waals surface area contributed by atoms with E-state index < -0.39 is 11.9 Å². The van der Waals surface area contributed by atoms with Crippen LogP contribution in [0.1, 0.15) is 23.2 Å². The molecule has 0 aliphatic carbocycles. The summed E-state index contributed by atoms with van der Waals surface area (Å²) in [6.07, 6.45) is 0.0511. The van der Waals surface area contributed by atoms with Gasteiger partial charge in [0.15, 0.2) is 5.78 Å². The third kappa shape index (κ3) is 2.67. The van der Waals surface area contributed by atoms with E-state index >= 15 is 0 Å². The van der Waals surface area contributed by atoms with E-state index in [9.17, 15) is 14.0 Å². The highest BCUT2D eigenvalue weighted by molar-refractivity contribution is 5.97. The van der Waals surface area contributed by atoms with Gasteiger partial charge in [-0.25, -0.2) is 9.18 Å². The van der Waals surface area contributed by atoms with Crippen molar-refractivity contribution < 1.29 is 19.1 Å². The Morgan fingerprint density at radius 1 is 1.28 bits per heavy atom. The van der Waals surface area contributed by atoms with Gasteiger partial charge in [0.2, 0.25) is 0 Å². The lowest BCUT2D eigenvalue weighted by Crippen LogP contribution is -2.39. The van der Waals surface area contributed by atoms with Crippen LogP contribution >= 0.6 is 0 Å². The van der Waals surface area contributed by atoms with Crippen LogP contribution in [0.4, 0.5) is 9.18 Å². The third-order valence-corrected chi connectivity index (χ3v) is 3.25. The summed E-state index contributed by atoms with van der Waals surface area (Å²) in [7, 11) is 0. The molecular formula is C13H14FNO3. The Morgan fingerprint density at radius 3 is 2.50 bits per heavy atom. The van der Waals surface area contributed by atoms with Crippen LogP contribution in [0.3, 0.4) is 0 Å². The fourth-order valence-electron chi connectivity index (χ4n) is 2.21. The van der Waals surface area contributed by atoms with Crippen LogP contribution in [0, 0.1) is 11.7 Å². The maximum absolute atomic E-state index is 13.0. The molecule has 1 N–H and O–H groups in total. The molecule has 1 aromatic rings. The predicted octanol–water partition coefficient (Wildman–Crippen LogP) is 2.40. The van der Waals surface area contributed by atoms with Crippen LogP contribution < -0.4 is 0 Å². The molecule has 1 aromatic carbocycles. The largest absolute Gasteiger partial charge is 0.465 e. The number of carboxylic acid groups (broad SMARTS) is 1. The quantitative estimate of drug-likeness (QED) is 0.821. The van der Waals surface area contributed by atoms with E-state index in [2.05, 4.69) is 0 Å². The number of hydrogen-bond donors (Lipinski definition) is 1. The average molecular weight is 251 g/mol. The summed E-state index contributed by atoms with van der Waals surface area (Å²) in [5, 5.41) is 8.81. The molecule has 0 radical (unpaired) electrons. The number of piperidine rings is 1. The van der Waals surface area contributed by atoms with Gasteiger partial charge < -0.3 is 10.0 Å². The first-order valence-electron chi connectivity index (χ1n) is 5.85. The Morgan fingerprint density at radius 2 is 1.94 bits per heavy atom. The molecule has 18 heavy (non-hydrogen) atoms. The first-order chi connectivity index (χ1) is 8.58. The third-order valence-electron chi connectivity index (χ3n) is 3.25. The highest BCUT2D eigenvalue weighted by Gasteiger charge is 2.27. The number of benzene rings is 1. The molecule has 0 unspecified atom stereocenters. The van der Waals surface area contributed by atoms with Gasteiger partial charge in [0, 0.05) is 24.6 Å². The van der Waals surface area contributed by atoms with Crippen LogP contribution in [0.25, 0.3) is 0 Å². The smallest absolute Gasteiger partial charge is 0.407 e. The molecule has 1 aliphatic heterocycles. The predicted molar refractivity (Wildman–Crippen MR) is 63.1 cm³/mol. The molecule has 1 heterocycles. The Labute approximate surface area is 104 Å². The molecule has 1 saturated heterocycles. The van der Waals surface area contributed by atoms with Crippen LogP contribution in [0.15, 0.2) is 24.3 Å². The van der Waals surface area contributed by atoms with Crippen molar-refractivity contribution in [3.63, 3.8) is 0 Å². The lowest BCUT2D eigenvalue weighted by atomic mass is 9.89. The zero-order valence-corrected chi connectivity index (χ0v) is 9.80. The summed E-state index contributed by atoms with van der Waals surface area (Å²) in [5.74, 6) is -0.731. The van der Waals surface area contributed by atoms with Gasteiger partial charge in [-0.1, -0.05) is 12.1 Å². The minimum absolute atomic E-state index is 0.0976. The van der Waals surface area contributed by atoms with Gasteiger partial charge in [-0.15, -0.1) is 0 Å². The molecule has 0 aromatic heterocycles. The minimum atomic E-state index is -0.952. The number of halogens is 1. The average Bonchev–Trinajstić information content (AvgIpc) is 2.38. The SMILES string of the molecule is O=C(c1cccc(F)c1)C1CCN(C(=O)O)CC1. The topological polar surface area (TPSA) is 57.6 Å². The highest BCUT2D eigenvalue weighted by Crippen LogP contribution is 2.22. The van der Waals surface area contributed by atoms with Crippen molar-refractivity contribution in [3.05, 3.63) is 35.6 Å². The number of Topliss-reactive ketones (excluding diaryl/α,β-unsaturated/α-hetero) is 1. The molecular weight excluding hydrogens is 237 g/mol. The van der Waals surface area contributed by atoms with Crippen LogP contribution in [0.2, 0.25) is 0 Å². The number of hydrogen-bond acceptors (Lipinski definition) is 2. The molecule has 4 nitrogen and oxygen atoms in total. The van der Waals surface area contributed by atoms with Crippen LogP contribution in [-0.4, -0.2) is 35.0 Å². The number of carbonyl (C=O) groups excluding carboxylic acids is 1. The first kappa shape index (κ1) is 12.5. The fourth-order valence-corrected chi connectivity index (χ4v) is 2.21. The van der Waals surface area contributed by atoms with Crippen molar-refractivity contribution in [2.45, 2.75) is 12.8 Å². The zero-order valence-electron chi connectivity index (χ0n) is 9.80. The van der Waals surface area contributed by atoms with E-state index in [0.717, 1.165) is 0 Å². The molecule has 96 valence electrons. The van der Waals surface area contributed by atoms with Gasteiger partial charge >= 0.3 is 6.09 Å². The van der Waals surface area contributed by atoms with E-state index in [1.807, 2.05) is 0 Å². The van der Waals surface area contributed by atoms with Crippen LogP contribution in [-0.2, 0) is 0 Å². The molecule has 2 rings (SSSR count). The van der Waals surface area contributed by atoms with E-state index in [0.29, 0.717) is 31.5 Å². The van der Waals surface area contributed by atoms with Crippen molar-refractivity contribution in [1.29, 1.82) is 0 Å². The summed E-state index contributed by atoms with van der Waals surface area (Å²) >= 11 is 0. The first-order valence-corrected chi connectivity index (χ1v) is 5.85. The minimum Gasteiger partial charge on any atom is -0.465 e. The zero-order chi connectivity index (χ0) is 13.1. The second kappa shape index (κ2) is 5.16. The monoisotopic (exact) mass is 251 g/mol. The Balaban J connectivity index is 2.02. The molecule has 0 saturated carbocycles. The molecule has 0 bridgehead atoms. The Hall–Kier alpha value is -1.91. The number of nitrogens with zero attached hydrogens (tertiary/aromatic N) is 1. The van der Waals surface area contributed by atoms with Gasteiger partial charge in [-0.3, -0.25) is 4.79 Å². The normalized spacial score (nSPS) is 16.6. The second-order valence-electron chi connectivity index (χ2n) is 4.42. The van der Waals surface area contributed by atoms with Gasteiger partial charge in [0.05, 0.1) is 0 Å². The van der Waals surface area contributed by atoms with Crippen molar-refractivity contribution in [3.8, 4) is 0 Å². The number of likely N-dealkylation sites (tertiary alicyclic amines) is 1. The van der Waals surface area contributed by atoms with Gasteiger partial charge in [-0.05, 0) is 25.0 Å². The standard InChI is InChI=1S/C13H14FNO3/c14-11-3-1-2-10(8-11)12(16)9-4-6-15(7-5-9)13(17)18/h1-3,8-9H,4-7H2,(H,17,18). The van der Waals surface area contributed by atoms with E-state index in [4.69, 9.17) is 5.11 Å². The molecule has 1 aliphatic rings. The highest BCUT2D eigenvalue weighted by atomic mass is 19.1. The lowest BCUT2D eigenvalue weighted by molar-refractivity contribution is 0.0821. The Bertz CT molecular complexity index is 467. The molecule has 1 amide bonds. The fraction of sp³-hybridized carbons (Fsp3) is 0.385. The maximum Gasteiger partial charge on any atom is 0.407 e. The summed E-state index contributed by atoms with van der Waals surface area (Å²) in [4.78, 5) is 24.1. The van der Waals surface area contributed by atoms with Crippen molar-refractivity contribution in [2.75, 3.05) is 13.1 Å². The van der Waals surface area contributed by atoms with Gasteiger partial charge in [0.25, 0.3) is 0 Å².